The molecule has 1 aliphatic carbocycles. The van der Waals surface area contributed by atoms with Gasteiger partial charge in [-0.2, -0.15) is 0 Å². The summed E-state index contributed by atoms with van der Waals surface area (Å²) in [7, 11) is 0. The van der Waals surface area contributed by atoms with Gasteiger partial charge < -0.3 is 39.7 Å². The van der Waals surface area contributed by atoms with Crippen molar-refractivity contribution in [2.45, 2.75) is 301 Å². The molecule has 0 fully saturated rings. The zero-order valence-corrected chi connectivity index (χ0v) is 77.4. The number of phenolic OH excluding ortho intramolecular Hbond substituents is 5. The summed E-state index contributed by atoms with van der Waals surface area (Å²) in [6.45, 7) is 60.5. The zero-order valence-electron chi connectivity index (χ0n) is 77.4. The van der Waals surface area contributed by atoms with Crippen LogP contribution in [-0.2, 0) is 115 Å². The highest BCUT2D eigenvalue weighted by molar-refractivity contribution is 5.63. The Morgan fingerprint density at radius 1 is 0.192 bits per heavy atom. The van der Waals surface area contributed by atoms with Crippen molar-refractivity contribution in [1.29, 1.82) is 0 Å². The van der Waals surface area contributed by atoms with Crippen molar-refractivity contribution in [2.75, 3.05) is 0 Å². The van der Waals surface area contributed by atoms with E-state index in [0.717, 1.165) is 145 Å². The summed E-state index contributed by atoms with van der Waals surface area (Å²) in [6, 6.07) is 60.7. The van der Waals surface area contributed by atoms with E-state index >= 15 is 0 Å². The summed E-state index contributed by atoms with van der Waals surface area (Å²) in [6.07, 6.45) is 2.26. The first-order chi connectivity index (χ1) is 55.7. The molecule has 5 N–H and O–H groups in total. The molecular weight excluding hydrogens is 1470 g/mol. The fourth-order valence-electron chi connectivity index (χ4n) is 16.4. The van der Waals surface area contributed by atoms with Crippen LogP contribution in [0.5, 0.6) is 46.0 Å². The standard InChI is InChI=1S/C112H136O8/c1-67-28-34-70(35-29-67)64-118-102-83-43-79-54-91(107(10,11)12)52-77(99(79)115)41-75-50-89(105(4,5)6)48-73(97(75)113)40-74-49-90(106(7,8)9)51-76(98(74)114)42-78-53-92(108(13,14)15)55-80(100(78)116)44-85-60-95(111(22,23)24)62-87(103(85)119-65-71-36-30-68(2)31-37-71)47-88-63-96(112(25,26)27)61-86(104(88)120-66-72-38-32-69(3)33-39-72)46-82-57-93(109(16,17)18)56-81(101(82)117)45-84(102)59-94(58-83)110(19,20)21/h28-39,48-63,113-117H,40-47,64-66H2,1-27H3. The van der Waals surface area contributed by atoms with Crippen LogP contribution in [0.3, 0.4) is 0 Å². The van der Waals surface area contributed by atoms with Crippen molar-refractivity contribution in [1.82, 2.24) is 0 Å². The summed E-state index contributed by atoms with van der Waals surface area (Å²) in [5, 5.41) is 66.9. The van der Waals surface area contributed by atoms with E-state index in [2.05, 4.69) is 357 Å². The highest BCUT2D eigenvalue weighted by atomic mass is 16.5. The minimum atomic E-state index is -0.372. The van der Waals surface area contributed by atoms with Gasteiger partial charge in [-0.05, 0) is 214 Å². The summed E-state index contributed by atoms with van der Waals surface area (Å²) < 4.78 is 22.4. The molecule has 632 valence electrons. The molecule has 16 bridgehead atoms. The molecular formula is C112H136O8. The second-order valence-corrected chi connectivity index (χ2v) is 43.3. The van der Waals surface area contributed by atoms with E-state index in [-0.39, 0.29) is 111 Å². The summed E-state index contributed by atoms with van der Waals surface area (Å²) in [5.74, 6) is 2.85. The molecule has 0 aliphatic heterocycles. The number of aromatic hydroxyl groups is 5. The van der Waals surface area contributed by atoms with Crippen LogP contribution >= 0.6 is 0 Å². The molecule has 0 unspecified atom stereocenters. The Balaban J connectivity index is 1.18. The normalized spacial score (nSPS) is 13.6. The SMILES string of the molecule is Cc1ccc(COc2c3cc(C(C)(C)C)cc2Cc2cc(C(C)(C)C)cc(c2O)Cc2cc(C(C)(C)C)cc(c2OCc2ccc(C)cc2)Cc2cc(C(C)(C)C)cc(c2OCc2ccc(C)cc2)Cc2cc(C(C)(C)C)cc(c2O)Cc2cc(C(C)(C)C)cc(c2O)Cc2cc(C(C)(C)C)cc(c2O)Cc2cc(C(C)(C)C)cc(c2O)C3)cc1. The van der Waals surface area contributed by atoms with E-state index in [0.29, 0.717) is 71.2 Å². The van der Waals surface area contributed by atoms with Gasteiger partial charge in [0, 0.05) is 51.4 Å². The van der Waals surface area contributed by atoms with Crippen molar-refractivity contribution >= 4 is 0 Å². The van der Waals surface area contributed by atoms with Gasteiger partial charge in [0.2, 0.25) is 0 Å². The van der Waals surface area contributed by atoms with Crippen molar-refractivity contribution < 1.29 is 39.7 Å². The highest BCUT2D eigenvalue weighted by Gasteiger charge is 2.33. The lowest BCUT2D eigenvalue weighted by Crippen LogP contribution is -2.16. The van der Waals surface area contributed by atoms with Crippen LogP contribution < -0.4 is 14.2 Å². The third kappa shape index (κ3) is 20.9. The van der Waals surface area contributed by atoms with Crippen molar-refractivity contribution in [3.63, 3.8) is 0 Å². The summed E-state index contributed by atoms with van der Waals surface area (Å²) >= 11 is 0. The molecule has 11 aromatic carbocycles. The molecule has 0 aromatic heterocycles. The second-order valence-electron chi connectivity index (χ2n) is 43.3. The van der Waals surface area contributed by atoms with Crippen LogP contribution in [0.1, 0.15) is 333 Å². The Labute approximate surface area is 719 Å². The predicted octanol–water partition coefficient (Wildman–Crippen LogP) is 27.3. The second kappa shape index (κ2) is 33.7. The highest BCUT2D eigenvalue weighted by Crippen LogP contribution is 2.48. The molecule has 0 saturated heterocycles. The third-order valence-electron chi connectivity index (χ3n) is 24.6. The van der Waals surface area contributed by atoms with Gasteiger partial charge in [-0.1, -0.05) is 353 Å². The van der Waals surface area contributed by atoms with Gasteiger partial charge >= 0.3 is 0 Å². The molecule has 120 heavy (non-hydrogen) atoms. The first kappa shape index (κ1) is 89.1. The maximum atomic E-state index is 13.7. The van der Waals surface area contributed by atoms with Gasteiger partial charge in [-0.15, -0.1) is 0 Å². The summed E-state index contributed by atoms with van der Waals surface area (Å²) in [5.41, 5.74) is 24.7. The maximum Gasteiger partial charge on any atom is 0.126 e. The minimum Gasteiger partial charge on any atom is -0.507 e. The number of aryl methyl sites for hydroxylation is 3. The van der Waals surface area contributed by atoms with E-state index in [1.54, 1.807) is 0 Å². The Kier molecular flexibility index (Phi) is 25.0. The number of hydrogen-bond acceptors (Lipinski definition) is 8. The topological polar surface area (TPSA) is 129 Å². The Morgan fingerprint density at radius 3 is 0.442 bits per heavy atom. The van der Waals surface area contributed by atoms with Crippen LogP contribution in [0.15, 0.2) is 170 Å². The average Bonchev–Trinajstić information content (AvgIpc) is 0.770. The Bertz CT molecular complexity index is 5610. The van der Waals surface area contributed by atoms with Gasteiger partial charge in [0.05, 0.1) is 0 Å². The third-order valence-corrected chi connectivity index (χ3v) is 24.6. The number of phenols is 5. The van der Waals surface area contributed by atoms with E-state index in [1.807, 2.05) is 0 Å². The number of ether oxygens (including phenoxy) is 3. The van der Waals surface area contributed by atoms with Crippen molar-refractivity contribution in [2.24, 2.45) is 0 Å². The van der Waals surface area contributed by atoms with E-state index in [4.69, 9.17) is 14.2 Å². The zero-order chi connectivity index (χ0) is 87.6. The predicted molar refractivity (Wildman–Crippen MR) is 498 cm³/mol. The monoisotopic (exact) mass is 1610 g/mol. The average molecular weight is 1610 g/mol. The first-order valence-corrected chi connectivity index (χ1v) is 43.5. The lowest BCUT2D eigenvalue weighted by Gasteiger charge is -2.28. The molecule has 1 aliphatic rings. The van der Waals surface area contributed by atoms with Gasteiger partial charge in [0.1, 0.15) is 65.8 Å². The molecule has 0 heterocycles. The lowest BCUT2D eigenvalue weighted by atomic mass is 9.79. The van der Waals surface area contributed by atoms with Crippen LogP contribution in [0, 0.1) is 20.8 Å². The van der Waals surface area contributed by atoms with Crippen molar-refractivity contribution in [3.8, 4) is 46.0 Å². The number of benzene rings is 11. The van der Waals surface area contributed by atoms with Crippen molar-refractivity contribution in [3.05, 3.63) is 337 Å². The smallest absolute Gasteiger partial charge is 0.126 e. The largest absolute Gasteiger partial charge is 0.507 e. The van der Waals surface area contributed by atoms with Crippen LogP contribution in [0.2, 0.25) is 0 Å². The van der Waals surface area contributed by atoms with E-state index in [9.17, 15) is 25.5 Å². The number of hydrogen-bond donors (Lipinski definition) is 5. The minimum absolute atomic E-state index is 0.102. The molecule has 0 radical (unpaired) electrons. The fourth-order valence-corrected chi connectivity index (χ4v) is 16.4. The van der Waals surface area contributed by atoms with Gasteiger partial charge in [0.25, 0.3) is 0 Å². The molecule has 0 spiro atoms. The van der Waals surface area contributed by atoms with Gasteiger partial charge in [-0.25, -0.2) is 0 Å². The molecule has 0 amide bonds. The lowest BCUT2D eigenvalue weighted by molar-refractivity contribution is 0.296. The Morgan fingerprint density at radius 2 is 0.308 bits per heavy atom. The fraction of sp³-hybridized carbons (Fsp3) is 0.411. The van der Waals surface area contributed by atoms with E-state index < -0.39 is 0 Å². The molecule has 11 aromatic rings. The van der Waals surface area contributed by atoms with Crippen LogP contribution in [-0.4, -0.2) is 25.5 Å². The first-order valence-electron chi connectivity index (χ1n) is 43.5. The number of rotatable bonds is 9. The van der Waals surface area contributed by atoms with Crippen LogP contribution in [0.25, 0.3) is 0 Å². The molecule has 12 rings (SSSR count). The number of fused-ring (bicyclic) bond motifs is 16. The molecule has 0 atom stereocenters. The quantitative estimate of drug-likeness (QED) is 0.0967. The molecule has 0 saturated carbocycles. The van der Waals surface area contributed by atoms with E-state index in [1.165, 1.54) is 0 Å². The Hall–Kier alpha value is -10.2. The van der Waals surface area contributed by atoms with Gasteiger partial charge in [-0.3, -0.25) is 0 Å². The van der Waals surface area contributed by atoms with Gasteiger partial charge in [0.15, 0.2) is 0 Å². The molecule has 8 heteroatoms. The maximum absolute atomic E-state index is 13.7. The molecule has 8 nitrogen and oxygen atoms in total. The van der Waals surface area contributed by atoms with Crippen LogP contribution in [0.4, 0.5) is 0 Å². The summed E-state index contributed by atoms with van der Waals surface area (Å²) in [4.78, 5) is 0.